The van der Waals surface area contributed by atoms with E-state index in [0.29, 0.717) is 6.04 Å². The maximum atomic E-state index is 7.59. The van der Waals surface area contributed by atoms with Crippen molar-refractivity contribution in [2.75, 3.05) is 0 Å². The molecule has 2 rings (SSSR count). The minimum absolute atomic E-state index is 0.528. The van der Waals surface area contributed by atoms with Gasteiger partial charge in [-0.15, -0.1) is 0 Å². The van der Waals surface area contributed by atoms with Crippen LogP contribution in [0.5, 0.6) is 0 Å². The molecule has 0 aliphatic heterocycles. The van der Waals surface area contributed by atoms with Crippen LogP contribution in [0.25, 0.3) is 10.9 Å². The van der Waals surface area contributed by atoms with Gasteiger partial charge in [0.25, 0.3) is 0 Å². The zero-order chi connectivity index (χ0) is 7.84. The molecule has 1 N–H and O–H groups in total. The molecule has 0 saturated carbocycles. The molecule has 0 bridgehead atoms. The largest absolute Gasteiger partial charge is 0.349 e. The number of benzene rings is 1. The molecule has 0 aliphatic carbocycles. The van der Waals surface area contributed by atoms with Crippen molar-refractivity contribution < 1.29 is 1.37 Å². The van der Waals surface area contributed by atoms with Crippen LogP contribution in [-0.2, 0) is 0 Å². The molecular weight excluding hydrogens is 190 g/mol. The summed E-state index contributed by atoms with van der Waals surface area (Å²) < 4.78 is 8.34. The predicted octanol–water partition coefficient (Wildman–Crippen LogP) is 2.93. The first kappa shape index (κ1) is 4.97. The number of nitrogens with one attached hydrogen (secondary N) is 1. The highest BCUT2D eigenvalue weighted by atomic mass is 79.9. The van der Waals surface area contributed by atoms with Crippen LogP contribution < -0.4 is 0 Å². The first-order chi connectivity index (χ1) is 5.29. The van der Waals surface area contributed by atoms with Gasteiger partial charge in [0.2, 0.25) is 0 Å². The minimum Gasteiger partial charge on any atom is -0.349 e. The van der Waals surface area contributed by atoms with Crippen molar-refractivity contribution in [2.45, 2.75) is 0 Å². The Bertz CT molecular complexity index is 394. The van der Waals surface area contributed by atoms with Crippen molar-refractivity contribution in [3.8, 4) is 0 Å². The molecule has 2 aromatic rings. The number of halogens is 1. The second kappa shape index (κ2) is 2.13. The number of aromatic nitrogens is 1. The van der Waals surface area contributed by atoms with Gasteiger partial charge in [-0.2, -0.15) is 0 Å². The van der Waals surface area contributed by atoms with Crippen LogP contribution >= 0.6 is 15.9 Å². The van der Waals surface area contributed by atoms with E-state index in [2.05, 4.69) is 20.9 Å². The SMILES string of the molecule is [3H]c1c(Br)[nH]c2ccccc12. The number of para-hydroxylation sites is 1. The maximum absolute atomic E-state index is 7.59. The summed E-state index contributed by atoms with van der Waals surface area (Å²) in [7, 11) is 0. The Morgan fingerprint density at radius 3 is 3.00 bits per heavy atom. The summed E-state index contributed by atoms with van der Waals surface area (Å²) in [6.07, 6.45) is 0. The van der Waals surface area contributed by atoms with Crippen molar-refractivity contribution in [3.05, 3.63) is 34.9 Å². The van der Waals surface area contributed by atoms with Crippen LogP contribution in [0.3, 0.4) is 0 Å². The van der Waals surface area contributed by atoms with E-state index >= 15 is 0 Å². The topological polar surface area (TPSA) is 15.8 Å². The fourth-order valence-electron chi connectivity index (χ4n) is 0.969. The van der Waals surface area contributed by atoms with Gasteiger partial charge in [-0.3, -0.25) is 0 Å². The van der Waals surface area contributed by atoms with E-state index in [1.165, 1.54) is 0 Å². The highest BCUT2D eigenvalue weighted by Crippen LogP contribution is 2.17. The average molecular weight is 198 g/mol. The van der Waals surface area contributed by atoms with Crippen LogP contribution in [0.1, 0.15) is 1.37 Å². The molecule has 0 fully saturated rings. The summed E-state index contributed by atoms with van der Waals surface area (Å²) in [5.74, 6) is 0. The van der Waals surface area contributed by atoms with Gasteiger partial charge in [-0.25, -0.2) is 0 Å². The van der Waals surface area contributed by atoms with E-state index in [-0.39, 0.29) is 0 Å². The van der Waals surface area contributed by atoms with Crippen molar-refractivity contribution in [2.24, 2.45) is 0 Å². The number of rotatable bonds is 0. The number of fused-ring (bicyclic) bond motifs is 1. The Morgan fingerprint density at radius 2 is 2.20 bits per heavy atom. The molecule has 1 heterocycles. The zero-order valence-electron chi connectivity index (χ0n) is 6.19. The lowest BCUT2D eigenvalue weighted by Gasteiger charge is -1.83. The quantitative estimate of drug-likeness (QED) is 0.669. The van der Waals surface area contributed by atoms with Gasteiger partial charge in [0.05, 0.1) is 5.97 Å². The summed E-state index contributed by atoms with van der Waals surface area (Å²) in [6.45, 7) is 0. The smallest absolute Gasteiger partial charge is 0.0830 e. The summed E-state index contributed by atoms with van der Waals surface area (Å²) in [6, 6.07) is 8.29. The Balaban J connectivity index is 2.92. The molecule has 50 valence electrons. The van der Waals surface area contributed by atoms with Crippen molar-refractivity contribution in [1.82, 2.24) is 4.98 Å². The summed E-state index contributed by atoms with van der Waals surface area (Å²) >= 11 is 3.27. The van der Waals surface area contributed by atoms with E-state index in [1.807, 2.05) is 24.3 Å². The standard InChI is InChI=1S/C8H6BrN/c9-8-5-6-3-1-2-4-7(6)10-8/h1-5,10H/i5T. The van der Waals surface area contributed by atoms with Gasteiger partial charge >= 0.3 is 0 Å². The Hall–Kier alpha value is -0.760. The fourth-order valence-corrected chi connectivity index (χ4v) is 1.40. The van der Waals surface area contributed by atoms with Gasteiger partial charge in [-0.05, 0) is 28.0 Å². The van der Waals surface area contributed by atoms with Crippen LogP contribution in [0, 0.1) is 0 Å². The third kappa shape index (κ3) is 0.847. The van der Waals surface area contributed by atoms with Crippen LogP contribution in [0.4, 0.5) is 0 Å². The highest BCUT2D eigenvalue weighted by molar-refractivity contribution is 9.10. The molecule has 0 amide bonds. The predicted molar refractivity (Wildman–Crippen MR) is 46.0 cm³/mol. The maximum Gasteiger partial charge on any atom is 0.0830 e. The van der Waals surface area contributed by atoms with Crippen LogP contribution in [-0.4, -0.2) is 4.98 Å². The third-order valence-corrected chi connectivity index (χ3v) is 1.81. The van der Waals surface area contributed by atoms with E-state index in [9.17, 15) is 0 Å². The Labute approximate surface area is 68.6 Å². The van der Waals surface area contributed by atoms with Gasteiger partial charge in [-0.1, -0.05) is 18.2 Å². The summed E-state index contributed by atoms with van der Waals surface area (Å²) in [5, 5.41) is 0.958. The lowest BCUT2D eigenvalue weighted by atomic mass is 10.3. The lowest BCUT2D eigenvalue weighted by molar-refractivity contribution is 1.41. The Kier molecular flexibility index (Phi) is 1.06. The summed E-state index contributed by atoms with van der Waals surface area (Å²) in [5.41, 5.74) is 1.00. The molecule has 1 nitrogen and oxygen atoms in total. The highest BCUT2D eigenvalue weighted by Gasteiger charge is 1.93. The van der Waals surface area contributed by atoms with Crippen molar-refractivity contribution in [3.63, 3.8) is 0 Å². The average Bonchev–Trinajstić information content (AvgIpc) is 2.30. The molecule has 10 heavy (non-hydrogen) atoms. The molecule has 0 saturated heterocycles. The fraction of sp³-hybridized carbons (Fsp3) is 0. The molecule has 1 aromatic carbocycles. The molecule has 0 spiro atoms. The van der Waals surface area contributed by atoms with E-state index in [4.69, 9.17) is 1.37 Å². The first-order valence-electron chi connectivity index (χ1n) is 3.52. The molecular formula is C8H6BrN. The third-order valence-electron chi connectivity index (χ3n) is 1.42. The normalized spacial score (nSPS) is 11.9. The molecule has 0 aliphatic rings. The van der Waals surface area contributed by atoms with E-state index in [1.54, 1.807) is 0 Å². The van der Waals surface area contributed by atoms with Gasteiger partial charge in [0, 0.05) is 10.9 Å². The minimum atomic E-state index is 0.528. The number of hydrogen-bond donors (Lipinski definition) is 1. The number of H-pyrrole nitrogens is 1. The van der Waals surface area contributed by atoms with E-state index in [0.717, 1.165) is 15.5 Å². The lowest BCUT2D eigenvalue weighted by Crippen LogP contribution is -1.62. The van der Waals surface area contributed by atoms with Gasteiger partial charge in [0.1, 0.15) is 0 Å². The van der Waals surface area contributed by atoms with Crippen molar-refractivity contribution >= 4 is 26.8 Å². The first-order valence-corrected chi connectivity index (χ1v) is 3.81. The van der Waals surface area contributed by atoms with Crippen LogP contribution in [0.2, 0.25) is 0 Å². The van der Waals surface area contributed by atoms with Gasteiger partial charge in [0.15, 0.2) is 0 Å². The van der Waals surface area contributed by atoms with Crippen LogP contribution in [0.15, 0.2) is 34.9 Å². The molecule has 0 radical (unpaired) electrons. The molecule has 0 atom stereocenters. The number of hydrogen-bond acceptors (Lipinski definition) is 0. The summed E-state index contributed by atoms with van der Waals surface area (Å²) in [4.78, 5) is 3.06. The Morgan fingerprint density at radius 1 is 1.40 bits per heavy atom. The molecule has 0 unspecified atom stereocenters. The molecule has 1 aromatic heterocycles. The van der Waals surface area contributed by atoms with E-state index < -0.39 is 0 Å². The molecule has 2 heteroatoms. The van der Waals surface area contributed by atoms with Crippen molar-refractivity contribution in [1.29, 1.82) is 0 Å². The zero-order valence-corrected chi connectivity index (χ0v) is 6.77. The second-order valence-electron chi connectivity index (χ2n) is 2.11. The monoisotopic (exact) mass is 197 g/mol. The number of aromatic amines is 1. The second-order valence-corrected chi connectivity index (χ2v) is 2.90. The van der Waals surface area contributed by atoms with Gasteiger partial charge < -0.3 is 4.98 Å².